The SMILES string of the molecule is CCCCc1c(Cl)nnn1CC. The van der Waals surface area contributed by atoms with Gasteiger partial charge in [0.05, 0.1) is 5.69 Å². The van der Waals surface area contributed by atoms with Gasteiger partial charge in [-0.15, -0.1) is 5.10 Å². The molecule has 1 rings (SSSR count). The van der Waals surface area contributed by atoms with Crippen molar-refractivity contribution < 1.29 is 0 Å². The van der Waals surface area contributed by atoms with Gasteiger partial charge in [-0.05, 0) is 19.8 Å². The lowest BCUT2D eigenvalue weighted by atomic mass is 10.2. The van der Waals surface area contributed by atoms with Gasteiger partial charge in [-0.25, -0.2) is 4.68 Å². The Morgan fingerprint density at radius 1 is 1.42 bits per heavy atom. The van der Waals surface area contributed by atoms with Crippen LogP contribution in [0.5, 0.6) is 0 Å². The molecule has 0 aliphatic carbocycles. The highest BCUT2D eigenvalue weighted by atomic mass is 35.5. The minimum Gasteiger partial charge on any atom is -0.248 e. The summed E-state index contributed by atoms with van der Waals surface area (Å²) in [7, 11) is 0. The fraction of sp³-hybridized carbons (Fsp3) is 0.750. The molecule has 12 heavy (non-hydrogen) atoms. The van der Waals surface area contributed by atoms with Crippen LogP contribution < -0.4 is 0 Å². The second-order valence-electron chi connectivity index (χ2n) is 2.75. The fourth-order valence-corrected chi connectivity index (χ4v) is 1.37. The molecule has 0 saturated heterocycles. The molecule has 0 amide bonds. The first-order valence-electron chi connectivity index (χ1n) is 4.37. The molecule has 1 aromatic rings. The van der Waals surface area contributed by atoms with Crippen molar-refractivity contribution in [2.24, 2.45) is 0 Å². The molecule has 0 saturated carbocycles. The minimum absolute atomic E-state index is 0.560. The molecule has 0 aliphatic heterocycles. The molecule has 0 unspecified atom stereocenters. The highest BCUT2D eigenvalue weighted by Crippen LogP contribution is 2.14. The summed E-state index contributed by atoms with van der Waals surface area (Å²) in [5.41, 5.74) is 1.07. The van der Waals surface area contributed by atoms with Crippen LogP contribution >= 0.6 is 11.6 Å². The molecule has 0 radical (unpaired) electrons. The van der Waals surface area contributed by atoms with Crippen molar-refractivity contribution in [2.45, 2.75) is 39.7 Å². The molecule has 0 aromatic carbocycles. The van der Waals surface area contributed by atoms with Crippen molar-refractivity contribution in [3.63, 3.8) is 0 Å². The van der Waals surface area contributed by atoms with E-state index in [-0.39, 0.29) is 0 Å². The van der Waals surface area contributed by atoms with E-state index >= 15 is 0 Å². The molecule has 1 aromatic heterocycles. The van der Waals surface area contributed by atoms with Gasteiger partial charge in [-0.2, -0.15) is 0 Å². The summed E-state index contributed by atoms with van der Waals surface area (Å²) in [6.07, 6.45) is 3.30. The summed E-state index contributed by atoms with van der Waals surface area (Å²) in [5.74, 6) is 0. The molecule has 0 bridgehead atoms. The van der Waals surface area contributed by atoms with Gasteiger partial charge in [0.1, 0.15) is 0 Å². The molecule has 1 heterocycles. The molecule has 68 valence electrons. The zero-order valence-electron chi connectivity index (χ0n) is 7.55. The Kier molecular flexibility index (Phi) is 3.53. The first-order chi connectivity index (χ1) is 5.79. The van der Waals surface area contributed by atoms with Crippen molar-refractivity contribution in [2.75, 3.05) is 0 Å². The predicted octanol–water partition coefficient (Wildman–Crippen LogP) is 2.29. The van der Waals surface area contributed by atoms with E-state index in [0.717, 1.165) is 25.1 Å². The van der Waals surface area contributed by atoms with Crippen LogP contribution in [-0.2, 0) is 13.0 Å². The standard InChI is InChI=1S/C8H14ClN3/c1-3-5-6-7-8(9)10-11-12(7)4-2/h3-6H2,1-2H3. The van der Waals surface area contributed by atoms with Crippen LogP contribution in [0.15, 0.2) is 0 Å². The van der Waals surface area contributed by atoms with Gasteiger partial charge >= 0.3 is 0 Å². The number of nitrogens with zero attached hydrogens (tertiary/aromatic N) is 3. The quantitative estimate of drug-likeness (QED) is 0.724. The zero-order chi connectivity index (χ0) is 8.97. The van der Waals surface area contributed by atoms with Gasteiger partial charge in [0.2, 0.25) is 0 Å². The van der Waals surface area contributed by atoms with E-state index in [2.05, 4.69) is 17.2 Å². The zero-order valence-corrected chi connectivity index (χ0v) is 8.30. The molecular weight excluding hydrogens is 174 g/mol. The van der Waals surface area contributed by atoms with E-state index in [1.54, 1.807) is 0 Å². The maximum absolute atomic E-state index is 5.87. The van der Waals surface area contributed by atoms with Gasteiger partial charge < -0.3 is 0 Å². The number of unbranched alkanes of at least 4 members (excludes halogenated alkanes) is 1. The number of hydrogen-bond donors (Lipinski definition) is 0. The van der Waals surface area contributed by atoms with Gasteiger partial charge in [-0.3, -0.25) is 0 Å². The van der Waals surface area contributed by atoms with E-state index in [0.29, 0.717) is 5.15 Å². The highest BCUT2D eigenvalue weighted by molar-refractivity contribution is 6.29. The lowest BCUT2D eigenvalue weighted by Crippen LogP contribution is -2.02. The second-order valence-corrected chi connectivity index (χ2v) is 3.10. The van der Waals surface area contributed by atoms with Crippen molar-refractivity contribution in [1.82, 2.24) is 15.0 Å². The molecule has 0 N–H and O–H groups in total. The molecule has 4 heteroatoms. The van der Waals surface area contributed by atoms with Crippen LogP contribution in [0.1, 0.15) is 32.4 Å². The predicted molar refractivity (Wildman–Crippen MR) is 49.3 cm³/mol. The van der Waals surface area contributed by atoms with Crippen molar-refractivity contribution in [3.05, 3.63) is 10.8 Å². The third-order valence-corrected chi connectivity index (χ3v) is 2.15. The Labute approximate surface area is 77.7 Å². The fourth-order valence-electron chi connectivity index (χ4n) is 1.14. The van der Waals surface area contributed by atoms with E-state index in [1.165, 1.54) is 6.42 Å². The molecule has 0 fully saturated rings. The summed E-state index contributed by atoms with van der Waals surface area (Å²) in [5, 5.41) is 8.30. The smallest absolute Gasteiger partial charge is 0.174 e. The first-order valence-corrected chi connectivity index (χ1v) is 4.75. The van der Waals surface area contributed by atoms with Crippen molar-refractivity contribution >= 4 is 11.6 Å². The van der Waals surface area contributed by atoms with Crippen molar-refractivity contribution in [3.8, 4) is 0 Å². The van der Waals surface area contributed by atoms with Crippen LogP contribution in [0.25, 0.3) is 0 Å². The highest BCUT2D eigenvalue weighted by Gasteiger charge is 2.07. The average Bonchev–Trinajstić information content (AvgIpc) is 2.43. The van der Waals surface area contributed by atoms with Crippen LogP contribution in [0, 0.1) is 0 Å². The molecule has 0 spiro atoms. The first kappa shape index (κ1) is 9.52. The second kappa shape index (κ2) is 4.45. The Morgan fingerprint density at radius 2 is 2.17 bits per heavy atom. The van der Waals surface area contributed by atoms with E-state index in [1.807, 2.05) is 11.6 Å². The largest absolute Gasteiger partial charge is 0.248 e. The van der Waals surface area contributed by atoms with Crippen molar-refractivity contribution in [1.29, 1.82) is 0 Å². The normalized spacial score (nSPS) is 10.6. The lowest BCUT2D eigenvalue weighted by Gasteiger charge is -2.01. The monoisotopic (exact) mass is 187 g/mol. The molecule has 3 nitrogen and oxygen atoms in total. The van der Waals surface area contributed by atoms with E-state index in [4.69, 9.17) is 11.6 Å². The summed E-state index contributed by atoms with van der Waals surface area (Å²) < 4.78 is 1.86. The third-order valence-electron chi connectivity index (χ3n) is 1.86. The van der Waals surface area contributed by atoms with E-state index < -0.39 is 0 Å². The van der Waals surface area contributed by atoms with Gasteiger partial charge in [0, 0.05) is 6.54 Å². The van der Waals surface area contributed by atoms with Gasteiger partial charge in [-0.1, -0.05) is 30.2 Å². The lowest BCUT2D eigenvalue weighted by molar-refractivity contribution is 0.587. The topological polar surface area (TPSA) is 30.7 Å². The maximum atomic E-state index is 5.87. The summed E-state index contributed by atoms with van der Waals surface area (Å²) in [6.45, 7) is 5.05. The number of aryl methyl sites for hydroxylation is 1. The Hall–Kier alpha value is -0.570. The Morgan fingerprint density at radius 3 is 2.75 bits per heavy atom. The number of aromatic nitrogens is 3. The number of halogens is 1. The average molecular weight is 188 g/mol. The van der Waals surface area contributed by atoms with Gasteiger partial charge in [0.15, 0.2) is 5.15 Å². The van der Waals surface area contributed by atoms with Crippen LogP contribution in [-0.4, -0.2) is 15.0 Å². The summed E-state index contributed by atoms with van der Waals surface area (Å²) >= 11 is 5.87. The van der Waals surface area contributed by atoms with Gasteiger partial charge in [0.25, 0.3) is 0 Å². The number of rotatable bonds is 4. The van der Waals surface area contributed by atoms with E-state index in [9.17, 15) is 0 Å². The number of hydrogen-bond acceptors (Lipinski definition) is 2. The molecule has 0 atom stereocenters. The maximum Gasteiger partial charge on any atom is 0.174 e. The van der Waals surface area contributed by atoms with Crippen LogP contribution in [0.3, 0.4) is 0 Å². The van der Waals surface area contributed by atoms with Crippen LogP contribution in [0.2, 0.25) is 5.15 Å². The summed E-state index contributed by atoms with van der Waals surface area (Å²) in [4.78, 5) is 0. The Balaban J connectivity index is 2.72. The summed E-state index contributed by atoms with van der Waals surface area (Å²) in [6, 6.07) is 0. The third kappa shape index (κ3) is 1.97. The minimum atomic E-state index is 0.560. The van der Waals surface area contributed by atoms with Crippen LogP contribution in [0.4, 0.5) is 0 Å². The Bertz CT molecular complexity index is 244. The molecular formula is C8H14ClN3. The molecule has 0 aliphatic rings.